The predicted octanol–water partition coefficient (Wildman–Crippen LogP) is 5.20. The normalized spacial score (nSPS) is 13.1. The summed E-state index contributed by atoms with van der Waals surface area (Å²) in [6.45, 7) is 4.15. The molecular weight excluding hydrogens is 340 g/mol. The molecule has 2 aromatic heterocycles. The summed E-state index contributed by atoms with van der Waals surface area (Å²) in [4.78, 5) is 1.42. The zero-order valence-electron chi connectivity index (χ0n) is 8.38. The molecule has 15 heavy (non-hydrogen) atoms. The molecule has 0 aliphatic rings. The SMILES string of the molecule is Cc1ccoc1C(Br)c1cc(C)c(Br)s1. The minimum atomic E-state index is 0.155. The minimum absolute atomic E-state index is 0.155. The molecule has 1 atom stereocenters. The number of alkyl halides is 1. The molecule has 2 rings (SSSR count). The standard InChI is InChI=1S/C11H10Br2OS/c1-6-3-4-14-10(6)9(12)8-5-7(2)11(13)15-8/h3-5,9H,1-2H3. The Balaban J connectivity index is 2.36. The van der Waals surface area contributed by atoms with E-state index in [1.807, 2.05) is 6.07 Å². The van der Waals surface area contributed by atoms with Crippen LogP contribution >= 0.6 is 43.2 Å². The van der Waals surface area contributed by atoms with Gasteiger partial charge in [-0.25, -0.2) is 0 Å². The van der Waals surface area contributed by atoms with Crippen LogP contribution in [0.25, 0.3) is 0 Å². The van der Waals surface area contributed by atoms with Crippen LogP contribution in [-0.2, 0) is 0 Å². The first-order chi connectivity index (χ1) is 7.09. The van der Waals surface area contributed by atoms with Gasteiger partial charge in [0.15, 0.2) is 0 Å². The molecule has 4 heteroatoms. The Hall–Kier alpha value is -0.0600. The number of rotatable bonds is 2. The van der Waals surface area contributed by atoms with Gasteiger partial charge in [-0.05, 0) is 53.0 Å². The van der Waals surface area contributed by atoms with E-state index in [0.29, 0.717) is 0 Å². The molecular formula is C11H10Br2OS. The Morgan fingerprint density at radius 3 is 2.53 bits per heavy atom. The summed E-state index contributed by atoms with van der Waals surface area (Å²) < 4.78 is 6.66. The summed E-state index contributed by atoms with van der Waals surface area (Å²) in [6, 6.07) is 4.16. The monoisotopic (exact) mass is 348 g/mol. The average Bonchev–Trinajstić information content (AvgIpc) is 2.74. The number of furan rings is 1. The molecule has 0 amide bonds. The van der Waals surface area contributed by atoms with Crippen LogP contribution in [0.5, 0.6) is 0 Å². The van der Waals surface area contributed by atoms with Crippen LogP contribution in [-0.4, -0.2) is 0 Å². The van der Waals surface area contributed by atoms with Crippen LogP contribution in [0.15, 0.2) is 26.6 Å². The van der Waals surface area contributed by atoms with Gasteiger partial charge in [0.25, 0.3) is 0 Å². The summed E-state index contributed by atoms with van der Waals surface area (Å²) in [5.41, 5.74) is 2.45. The van der Waals surface area contributed by atoms with Gasteiger partial charge in [0.1, 0.15) is 10.6 Å². The highest BCUT2D eigenvalue weighted by molar-refractivity contribution is 9.11. The van der Waals surface area contributed by atoms with E-state index in [9.17, 15) is 0 Å². The van der Waals surface area contributed by atoms with Gasteiger partial charge < -0.3 is 4.42 Å². The second kappa shape index (κ2) is 4.44. The summed E-state index contributed by atoms with van der Waals surface area (Å²) in [5, 5.41) is 0. The molecule has 2 aromatic rings. The van der Waals surface area contributed by atoms with E-state index in [2.05, 4.69) is 51.8 Å². The molecule has 0 saturated carbocycles. The molecule has 0 bridgehead atoms. The number of thiophene rings is 1. The molecule has 2 heterocycles. The van der Waals surface area contributed by atoms with Crippen molar-refractivity contribution in [3.05, 3.63) is 43.9 Å². The van der Waals surface area contributed by atoms with Gasteiger partial charge >= 0.3 is 0 Å². The predicted molar refractivity (Wildman–Crippen MR) is 71.0 cm³/mol. The first kappa shape index (κ1) is 11.4. The van der Waals surface area contributed by atoms with E-state index in [4.69, 9.17) is 4.42 Å². The third-order valence-corrected chi connectivity index (χ3v) is 5.67. The number of hydrogen-bond acceptors (Lipinski definition) is 2. The first-order valence-electron chi connectivity index (χ1n) is 4.53. The third kappa shape index (κ3) is 2.22. The van der Waals surface area contributed by atoms with Crippen LogP contribution in [0, 0.1) is 13.8 Å². The van der Waals surface area contributed by atoms with Crippen molar-refractivity contribution >= 4 is 43.2 Å². The fourth-order valence-corrected chi connectivity index (χ4v) is 3.81. The van der Waals surface area contributed by atoms with Crippen LogP contribution in [0.1, 0.15) is 26.6 Å². The van der Waals surface area contributed by atoms with Gasteiger partial charge in [0.05, 0.1) is 10.0 Å². The number of aryl methyl sites for hydroxylation is 2. The zero-order valence-corrected chi connectivity index (χ0v) is 12.4. The Morgan fingerprint density at radius 1 is 1.33 bits per heavy atom. The van der Waals surface area contributed by atoms with E-state index in [1.165, 1.54) is 19.8 Å². The Labute approximate surface area is 110 Å². The second-order valence-corrected chi connectivity index (χ2v) is 6.75. The highest BCUT2D eigenvalue weighted by atomic mass is 79.9. The van der Waals surface area contributed by atoms with Crippen molar-refractivity contribution in [1.82, 2.24) is 0 Å². The van der Waals surface area contributed by atoms with E-state index >= 15 is 0 Å². The lowest BCUT2D eigenvalue weighted by Crippen LogP contribution is -1.88. The van der Waals surface area contributed by atoms with Crippen molar-refractivity contribution in [3.63, 3.8) is 0 Å². The van der Waals surface area contributed by atoms with Crippen molar-refractivity contribution < 1.29 is 4.42 Å². The molecule has 0 fully saturated rings. The maximum atomic E-state index is 5.47. The molecule has 0 aliphatic carbocycles. The molecule has 0 radical (unpaired) electrons. The minimum Gasteiger partial charge on any atom is -0.467 e. The summed E-state index contributed by atoms with van der Waals surface area (Å²) in [5.74, 6) is 0.990. The summed E-state index contributed by atoms with van der Waals surface area (Å²) in [7, 11) is 0. The lowest BCUT2D eigenvalue weighted by molar-refractivity contribution is 0.518. The molecule has 0 N–H and O–H groups in total. The molecule has 0 spiro atoms. The molecule has 0 saturated heterocycles. The van der Waals surface area contributed by atoms with E-state index in [1.54, 1.807) is 17.6 Å². The van der Waals surface area contributed by atoms with Gasteiger partial charge in [0, 0.05) is 4.88 Å². The van der Waals surface area contributed by atoms with Gasteiger partial charge in [-0.15, -0.1) is 11.3 Å². The second-order valence-electron chi connectivity index (χ2n) is 3.44. The smallest absolute Gasteiger partial charge is 0.125 e. The van der Waals surface area contributed by atoms with Gasteiger partial charge in [-0.2, -0.15) is 0 Å². The Bertz CT molecular complexity index is 453. The number of halogens is 2. The molecule has 1 unspecified atom stereocenters. The van der Waals surface area contributed by atoms with Crippen molar-refractivity contribution in [1.29, 1.82) is 0 Å². The van der Waals surface area contributed by atoms with Gasteiger partial charge in [-0.3, -0.25) is 0 Å². The zero-order chi connectivity index (χ0) is 11.0. The van der Waals surface area contributed by atoms with Crippen LogP contribution in [0.3, 0.4) is 0 Å². The molecule has 1 nitrogen and oxygen atoms in total. The van der Waals surface area contributed by atoms with Gasteiger partial charge in [-0.1, -0.05) is 15.9 Å². The third-order valence-electron chi connectivity index (χ3n) is 2.26. The Morgan fingerprint density at radius 2 is 2.07 bits per heavy atom. The largest absolute Gasteiger partial charge is 0.467 e. The van der Waals surface area contributed by atoms with Crippen molar-refractivity contribution in [2.75, 3.05) is 0 Å². The van der Waals surface area contributed by atoms with Crippen molar-refractivity contribution in [2.24, 2.45) is 0 Å². The lowest BCUT2D eigenvalue weighted by Gasteiger charge is -2.04. The first-order valence-corrected chi connectivity index (χ1v) is 7.06. The number of hydrogen-bond donors (Lipinski definition) is 0. The maximum absolute atomic E-state index is 5.47. The van der Waals surface area contributed by atoms with Gasteiger partial charge in [0.2, 0.25) is 0 Å². The fourth-order valence-electron chi connectivity index (χ4n) is 1.38. The highest BCUT2D eigenvalue weighted by Gasteiger charge is 2.18. The highest BCUT2D eigenvalue weighted by Crippen LogP contribution is 2.40. The molecule has 0 aromatic carbocycles. The fraction of sp³-hybridized carbons (Fsp3) is 0.273. The van der Waals surface area contributed by atoms with Crippen LogP contribution in [0.4, 0.5) is 0 Å². The topological polar surface area (TPSA) is 13.1 Å². The maximum Gasteiger partial charge on any atom is 0.125 e. The van der Waals surface area contributed by atoms with E-state index < -0.39 is 0 Å². The lowest BCUT2D eigenvalue weighted by atomic mass is 10.2. The quantitative estimate of drug-likeness (QED) is 0.678. The van der Waals surface area contributed by atoms with Crippen molar-refractivity contribution in [3.8, 4) is 0 Å². The van der Waals surface area contributed by atoms with E-state index in [0.717, 1.165) is 5.76 Å². The molecule has 0 aliphatic heterocycles. The molecule has 80 valence electrons. The van der Waals surface area contributed by atoms with Crippen molar-refractivity contribution in [2.45, 2.75) is 18.7 Å². The summed E-state index contributed by atoms with van der Waals surface area (Å²) in [6.07, 6.45) is 1.73. The van der Waals surface area contributed by atoms with E-state index in [-0.39, 0.29) is 4.83 Å². The Kier molecular flexibility index (Phi) is 3.38. The van der Waals surface area contributed by atoms with Crippen LogP contribution < -0.4 is 0 Å². The summed E-state index contributed by atoms with van der Waals surface area (Å²) >= 11 is 8.94. The van der Waals surface area contributed by atoms with Crippen LogP contribution in [0.2, 0.25) is 0 Å². The average molecular weight is 350 g/mol.